The van der Waals surface area contributed by atoms with Gasteiger partial charge in [0.15, 0.2) is 5.78 Å². The number of aryl methyl sites for hydroxylation is 1. The molecule has 4 heteroatoms. The van der Waals surface area contributed by atoms with Crippen molar-refractivity contribution < 1.29 is 14.7 Å². The van der Waals surface area contributed by atoms with Crippen LogP contribution in [0.5, 0.6) is 0 Å². The third-order valence-corrected chi connectivity index (χ3v) is 2.67. The number of Topliss-reactive ketones (excluding diaryl/α,β-unsaturated/α-hetero) is 1. The Kier molecular flexibility index (Phi) is 4.50. The molecule has 0 saturated heterocycles. The largest absolute Gasteiger partial charge is 0.481 e. The summed E-state index contributed by atoms with van der Waals surface area (Å²) in [4.78, 5) is 22.0. The molecule has 1 N–H and O–H groups in total. The average molecular weight is 241 g/mol. The highest BCUT2D eigenvalue weighted by molar-refractivity contribution is 6.27. The van der Waals surface area contributed by atoms with Crippen molar-refractivity contribution in [3.63, 3.8) is 0 Å². The highest BCUT2D eigenvalue weighted by Crippen LogP contribution is 2.16. The minimum absolute atomic E-state index is 0.0408. The number of alkyl halides is 1. The van der Waals surface area contributed by atoms with Gasteiger partial charge in [-0.2, -0.15) is 0 Å². The number of carbonyl (C=O) groups excluding carboxylic acids is 1. The molecule has 1 aromatic carbocycles. The van der Waals surface area contributed by atoms with Crippen molar-refractivity contribution in [2.75, 3.05) is 5.88 Å². The van der Waals surface area contributed by atoms with Gasteiger partial charge in [-0.1, -0.05) is 18.2 Å². The van der Waals surface area contributed by atoms with E-state index in [0.717, 1.165) is 11.1 Å². The van der Waals surface area contributed by atoms with Gasteiger partial charge in [0.05, 0.1) is 12.3 Å². The quantitative estimate of drug-likeness (QED) is 0.801. The van der Waals surface area contributed by atoms with E-state index in [1.54, 1.807) is 12.1 Å². The first-order valence-electron chi connectivity index (χ1n) is 4.91. The fraction of sp³-hybridized carbons (Fsp3) is 0.333. The summed E-state index contributed by atoms with van der Waals surface area (Å²) in [7, 11) is 0. The Balaban J connectivity index is 3.03. The van der Waals surface area contributed by atoms with Gasteiger partial charge >= 0.3 is 5.97 Å². The molecule has 0 amide bonds. The summed E-state index contributed by atoms with van der Waals surface area (Å²) in [5.41, 5.74) is 2.40. The van der Waals surface area contributed by atoms with Crippen LogP contribution in [-0.2, 0) is 22.4 Å². The number of carboxylic acid groups (broad SMARTS) is 1. The molecule has 0 aliphatic heterocycles. The first-order chi connectivity index (χ1) is 7.54. The third kappa shape index (κ3) is 3.35. The van der Waals surface area contributed by atoms with Crippen LogP contribution in [-0.4, -0.2) is 22.7 Å². The molecule has 0 aromatic heterocycles. The monoisotopic (exact) mass is 240 g/mol. The second-order valence-electron chi connectivity index (χ2n) is 3.63. The van der Waals surface area contributed by atoms with Gasteiger partial charge in [-0.25, -0.2) is 0 Å². The minimum atomic E-state index is -0.898. The van der Waals surface area contributed by atoms with Crippen LogP contribution in [0.2, 0.25) is 0 Å². The van der Waals surface area contributed by atoms with Crippen LogP contribution in [0.3, 0.4) is 0 Å². The maximum atomic E-state index is 11.3. The minimum Gasteiger partial charge on any atom is -0.481 e. The van der Waals surface area contributed by atoms with Gasteiger partial charge in [0.25, 0.3) is 0 Å². The van der Waals surface area contributed by atoms with E-state index in [-0.39, 0.29) is 24.5 Å². The fourth-order valence-electron chi connectivity index (χ4n) is 1.59. The normalized spacial score (nSPS) is 10.1. The molecule has 0 radical (unpaired) electrons. The van der Waals surface area contributed by atoms with Gasteiger partial charge in [-0.3, -0.25) is 9.59 Å². The van der Waals surface area contributed by atoms with E-state index >= 15 is 0 Å². The van der Waals surface area contributed by atoms with E-state index in [1.165, 1.54) is 0 Å². The number of benzene rings is 1. The van der Waals surface area contributed by atoms with Gasteiger partial charge in [-0.05, 0) is 23.6 Å². The highest BCUT2D eigenvalue weighted by atomic mass is 35.5. The number of halogens is 1. The van der Waals surface area contributed by atoms with Gasteiger partial charge in [0, 0.05) is 6.42 Å². The molecule has 16 heavy (non-hydrogen) atoms. The number of aliphatic carboxylic acids is 1. The molecule has 0 atom stereocenters. The van der Waals surface area contributed by atoms with Crippen molar-refractivity contribution in [2.24, 2.45) is 0 Å². The van der Waals surface area contributed by atoms with E-state index in [0.29, 0.717) is 5.56 Å². The van der Waals surface area contributed by atoms with E-state index in [2.05, 4.69) is 0 Å². The smallest absolute Gasteiger partial charge is 0.307 e. The SMILES string of the molecule is Cc1cccc(CC(=O)O)c1CC(=O)CCl. The number of hydrogen-bond acceptors (Lipinski definition) is 2. The summed E-state index contributed by atoms with van der Waals surface area (Å²) in [5, 5.41) is 8.76. The zero-order valence-electron chi connectivity index (χ0n) is 9.00. The van der Waals surface area contributed by atoms with Crippen molar-refractivity contribution in [3.8, 4) is 0 Å². The molecule has 0 unspecified atom stereocenters. The third-order valence-electron chi connectivity index (χ3n) is 2.37. The zero-order chi connectivity index (χ0) is 12.1. The Labute approximate surface area is 99.0 Å². The number of ketones is 1. The van der Waals surface area contributed by atoms with Crippen LogP contribution in [0.1, 0.15) is 16.7 Å². The Morgan fingerprint density at radius 2 is 2.00 bits per heavy atom. The molecule has 86 valence electrons. The summed E-state index contributed by atoms with van der Waals surface area (Å²) in [5.74, 6) is -1.03. The van der Waals surface area contributed by atoms with Gasteiger partial charge in [0.1, 0.15) is 0 Å². The molecule has 0 saturated carbocycles. The molecule has 3 nitrogen and oxygen atoms in total. The number of hydrogen-bond donors (Lipinski definition) is 1. The molecule has 1 aromatic rings. The second kappa shape index (κ2) is 5.66. The van der Waals surface area contributed by atoms with Gasteiger partial charge in [-0.15, -0.1) is 11.6 Å². The van der Waals surface area contributed by atoms with Gasteiger partial charge < -0.3 is 5.11 Å². The Hall–Kier alpha value is -1.35. The summed E-state index contributed by atoms with van der Waals surface area (Å²) in [6.45, 7) is 1.86. The molecule has 1 rings (SSSR count). The molecule has 0 bridgehead atoms. The van der Waals surface area contributed by atoms with Crippen molar-refractivity contribution in [2.45, 2.75) is 19.8 Å². The Bertz CT molecular complexity index is 413. The molecule has 0 fully saturated rings. The van der Waals surface area contributed by atoms with Crippen molar-refractivity contribution in [1.82, 2.24) is 0 Å². The second-order valence-corrected chi connectivity index (χ2v) is 3.90. The lowest BCUT2D eigenvalue weighted by atomic mass is 9.96. The van der Waals surface area contributed by atoms with E-state index < -0.39 is 5.97 Å². The van der Waals surface area contributed by atoms with Crippen molar-refractivity contribution in [1.29, 1.82) is 0 Å². The Morgan fingerprint density at radius 3 is 2.56 bits per heavy atom. The van der Waals surface area contributed by atoms with E-state index in [4.69, 9.17) is 16.7 Å². The number of carbonyl (C=O) groups is 2. The molecule has 0 aliphatic rings. The van der Waals surface area contributed by atoms with Crippen molar-refractivity contribution in [3.05, 3.63) is 34.9 Å². The lowest BCUT2D eigenvalue weighted by Gasteiger charge is -2.09. The topological polar surface area (TPSA) is 54.4 Å². The maximum Gasteiger partial charge on any atom is 0.307 e. The maximum absolute atomic E-state index is 11.3. The lowest BCUT2D eigenvalue weighted by molar-refractivity contribution is -0.136. The zero-order valence-corrected chi connectivity index (χ0v) is 9.75. The standard InChI is InChI=1S/C12H13ClO3/c1-8-3-2-4-9(5-12(15)16)11(8)6-10(14)7-13/h2-4H,5-7H2,1H3,(H,15,16). The van der Waals surface area contributed by atoms with Crippen LogP contribution in [0.15, 0.2) is 18.2 Å². The highest BCUT2D eigenvalue weighted by Gasteiger charge is 2.12. The summed E-state index contributed by atoms with van der Waals surface area (Å²) >= 11 is 5.45. The first kappa shape index (κ1) is 12.7. The molecule has 0 heterocycles. The predicted octanol–water partition coefficient (Wildman–Crippen LogP) is 1.97. The van der Waals surface area contributed by atoms with Crippen LogP contribution in [0, 0.1) is 6.92 Å². The lowest BCUT2D eigenvalue weighted by Crippen LogP contribution is -2.10. The van der Waals surface area contributed by atoms with Crippen molar-refractivity contribution >= 4 is 23.4 Å². The molecule has 0 spiro atoms. The summed E-state index contributed by atoms with van der Waals surface area (Å²) < 4.78 is 0. The molecule has 0 aliphatic carbocycles. The predicted molar refractivity (Wildman–Crippen MR) is 61.9 cm³/mol. The number of rotatable bonds is 5. The van der Waals surface area contributed by atoms with Crippen LogP contribution in [0.4, 0.5) is 0 Å². The fourth-order valence-corrected chi connectivity index (χ4v) is 1.68. The summed E-state index contributed by atoms with van der Waals surface area (Å²) in [6.07, 6.45) is 0.144. The van der Waals surface area contributed by atoms with Crippen LogP contribution < -0.4 is 0 Å². The van der Waals surface area contributed by atoms with Crippen LogP contribution >= 0.6 is 11.6 Å². The van der Waals surface area contributed by atoms with Crippen LogP contribution in [0.25, 0.3) is 0 Å². The molecular weight excluding hydrogens is 228 g/mol. The number of carboxylic acids is 1. The first-order valence-corrected chi connectivity index (χ1v) is 5.45. The van der Waals surface area contributed by atoms with E-state index in [1.807, 2.05) is 13.0 Å². The van der Waals surface area contributed by atoms with E-state index in [9.17, 15) is 9.59 Å². The molecular formula is C12H13ClO3. The average Bonchev–Trinajstić information content (AvgIpc) is 2.22. The summed E-state index contributed by atoms with van der Waals surface area (Å²) in [6, 6.07) is 5.39. The van der Waals surface area contributed by atoms with Gasteiger partial charge in [0.2, 0.25) is 0 Å². The Morgan fingerprint density at radius 1 is 1.31 bits per heavy atom.